The van der Waals surface area contributed by atoms with E-state index in [1.165, 1.54) is 12.8 Å². The first-order valence-corrected chi connectivity index (χ1v) is 8.23. The normalized spacial score (nSPS) is 11.5. The highest BCUT2D eigenvalue weighted by atomic mass is 16.5. The Labute approximate surface area is 129 Å². The lowest BCUT2D eigenvalue weighted by Crippen LogP contribution is -2.18. The molecule has 0 atom stereocenters. The van der Waals surface area contributed by atoms with Crippen molar-refractivity contribution in [1.29, 1.82) is 0 Å². The molecule has 0 bridgehead atoms. The van der Waals surface area contributed by atoms with Crippen molar-refractivity contribution in [2.24, 2.45) is 0 Å². The number of aromatic nitrogens is 2. The quantitative estimate of drug-likeness (QED) is 0.678. The number of ether oxygens (including phenoxy) is 1. The molecular formula is C17H31N3O. The molecule has 1 N–H and O–H groups in total. The van der Waals surface area contributed by atoms with E-state index in [1.54, 1.807) is 0 Å². The molecule has 1 aromatic rings. The highest BCUT2D eigenvalue weighted by molar-refractivity contribution is 5.39. The lowest BCUT2D eigenvalue weighted by atomic mass is 9.96. The van der Waals surface area contributed by atoms with Gasteiger partial charge in [-0.2, -0.15) is 4.98 Å². The number of nitrogens with zero attached hydrogens (tertiary/aromatic N) is 2. The number of rotatable bonds is 9. The molecule has 1 aromatic heterocycles. The molecule has 4 heteroatoms. The molecule has 0 fully saturated rings. The molecule has 0 unspecified atom stereocenters. The average Bonchev–Trinajstić information content (AvgIpc) is 2.43. The van der Waals surface area contributed by atoms with Crippen LogP contribution in [0.3, 0.4) is 0 Å². The van der Waals surface area contributed by atoms with E-state index in [4.69, 9.17) is 4.74 Å². The Hall–Kier alpha value is -1.32. The predicted octanol–water partition coefficient (Wildman–Crippen LogP) is 4.56. The fourth-order valence-electron chi connectivity index (χ4n) is 1.84. The summed E-state index contributed by atoms with van der Waals surface area (Å²) in [6.45, 7) is 12.4. The van der Waals surface area contributed by atoms with E-state index in [-0.39, 0.29) is 5.41 Å². The summed E-state index contributed by atoms with van der Waals surface area (Å²) in [5.41, 5.74) is -0.0794. The first-order valence-electron chi connectivity index (χ1n) is 8.23. The summed E-state index contributed by atoms with van der Waals surface area (Å²) in [5.74, 6) is 2.38. The fourth-order valence-corrected chi connectivity index (χ4v) is 1.84. The maximum absolute atomic E-state index is 5.76. The lowest BCUT2D eigenvalue weighted by Gasteiger charge is -2.19. The minimum atomic E-state index is -0.0794. The van der Waals surface area contributed by atoms with Crippen LogP contribution in [0.1, 0.15) is 72.5 Å². The summed E-state index contributed by atoms with van der Waals surface area (Å²) in [6, 6.07) is 1.91. The van der Waals surface area contributed by atoms with Gasteiger partial charge in [-0.15, -0.1) is 0 Å². The molecule has 4 nitrogen and oxygen atoms in total. The molecule has 0 aliphatic heterocycles. The average molecular weight is 293 g/mol. The maximum Gasteiger partial charge on any atom is 0.218 e. The summed E-state index contributed by atoms with van der Waals surface area (Å²) >= 11 is 0. The third kappa shape index (κ3) is 6.78. The van der Waals surface area contributed by atoms with Crippen molar-refractivity contribution in [1.82, 2.24) is 9.97 Å². The van der Waals surface area contributed by atoms with Gasteiger partial charge in [-0.25, -0.2) is 4.98 Å². The van der Waals surface area contributed by atoms with Gasteiger partial charge in [-0.1, -0.05) is 53.9 Å². The van der Waals surface area contributed by atoms with Crippen LogP contribution in [-0.4, -0.2) is 23.1 Å². The van der Waals surface area contributed by atoms with Crippen LogP contribution in [0.5, 0.6) is 5.88 Å². The van der Waals surface area contributed by atoms with Crippen LogP contribution >= 0.6 is 0 Å². The Bertz CT molecular complexity index is 413. The monoisotopic (exact) mass is 293 g/mol. The highest BCUT2D eigenvalue weighted by Crippen LogP contribution is 2.23. The molecule has 0 spiro atoms. The van der Waals surface area contributed by atoms with Crippen molar-refractivity contribution < 1.29 is 4.74 Å². The lowest BCUT2D eigenvalue weighted by molar-refractivity contribution is 0.294. The van der Waals surface area contributed by atoms with Crippen LogP contribution in [0, 0.1) is 0 Å². The smallest absolute Gasteiger partial charge is 0.218 e. The zero-order chi connectivity index (χ0) is 15.7. The Balaban J connectivity index is 2.77. The number of nitrogens with one attached hydrogen (secondary N) is 1. The number of hydrogen-bond acceptors (Lipinski definition) is 4. The number of anilines is 1. The van der Waals surface area contributed by atoms with E-state index in [1.807, 2.05) is 6.07 Å². The van der Waals surface area contributed by atoms with Gasteiger partial charge in [0.15, 0.2) is 0 Å². The fraction of sp³-hybridized carbons (Fsp3) is 0.765. The van der Waals surface area contributed by atoms with Crippen LogP contribution in [0.25, 0.3) is 0 Å². The minimum Gasteiger partial charge on any atom is -0.478 e. The molecule has 0 aromatic carbocycles. The zero-order valence-electron chi connectivity index (χ0n) is 14.3. The van der Waals surface area contributed by atoms with E-state index in [0.29, 0.717) is 12.5 Å². The third-order valence-corrected chi connectivity index (χ3v) is 3.21. The van der Waals surface area contributed by atoms with Crippen molar-refractivity contribution >= 4 is 5.82 Å². The van der Waals surface area contributed by atoms with Crippen LogP contribution in [0.2, 0.25) is 0 Å². The first-order chi connectivity index (χ1) is 9.97. The molecule has 0 saturated heterocycles. The Morgan fingerprint density at radius 2 is 1.76 bits per heavy atom. The van der Waals surface area contributed by atoms with Gasteiger partial charge < -0.3 is 10.1 Å². The SMILES string of the molecule is CCCCCNc1cc(OCCCC)nc(C(C)(C)C)n1. The molecule has 0 radical (unpaired) electrons. The van der Waals surface area contributed by atoms with Gasteiger partial charge in [0.25, 0.3) is 0 Å². The maximum atomic E-state index is 5.76. The first kappa shape index (κ1) is 17.7. The van der Waals surface area contributed by atoms with E-state index in [2.05, 4.69) is 49.9 Å². The zero-order valence-corrected chi connectivity index (χ0v) is 14.3. The van der Waals surface area contributed by atoms with E-state index in [0.717, 1.165) is 37.4 Å². The second-order valence-electron chi connectivity index (χ2n) is 6.50. The van der Waals surface area contributed by atoms with Gasteiger partial charge in [0.1, 0.15) is 11.6 Å². The molecule has 1 heterocycles. The van der Waals surface area contributed by atoms with Gasteiger partial charge in [0, 0.05) is 18.0 Å². The molecule has 120 valence electrons. The molecule has 0 aliphatic rings. The summed E-state index contributed by atoms with van der Waals surface area (Å²) in [6.07, 6.45) is 5.80. The minimum absolute atomic E-state index is 0.0794. The Morgan fingerprint density at radius 1 is 1.05 bits per heavy atom. The van der Waals surface area contributed by atoms with Crippen molar-refractivity contribution in [3.63, 3.8) is 0 Å². The Kier molecular flexibility index (Phi) is 7.48. The second-order valence-corrected chi connectivity index (χ2v) is 6.50. The van der Waals surface area contributed by atoms with Crippen LogP contribution in [0.15, 0.2) is 6.07 Å². The molecule has 1 rings (SSSR count). The topological polar surface area (TPSA) is 47.0 Å². The van der Waals surface area contributed by atoms with Gasteiger partial charge in [-0.3, -0.25) is 0 Å². The standard InChI is InChI=1S/C17H31N3O/c1-6-8-10-11-18-14-13-15(21-12-9-7-2)20-16(19-14)17(3,4)5/h13H,6-12H2,1-5H3,(H,18,19,20). The number of hydrogen-bond donors (Lipinski definition) is 1. The molecular weight excluding hydrogens is 262 g/mol. The van der Waals surface area contributed by atoms with Gasteiger partial charge in [0.2, 0.25) is 5.88 Å². The summed E-state index contributed by atoms with van der Waals surface area (Å²) in [4.78, 5) is 9.18. The van der Waals surface area contributed by atoms with Crippen LogP contribution in [0.4, 0.5) is 5.82 Å². The van der Waals surface area contributed by atoms with E-state index in [9.17, 15) is 0 Å². The van der Waals surface area contributed by atoms with Crippen molar-refractivity contribution in [3.8, 4) is 5.88 Å². The molecule has 0 aliphatic carbocycles. The van der Waals surface area contributed by atoms with Crippen LogP contribution in [-0.2, 0) is 5.41 Å². The molecule has 0 saturated carbocycles. The highest BCUT2D eigenvalue weighted by Gasteiger charge is 2.19. The third-order valence-electron chi connectivity index (χ3n) is 3.21. The largest absolute Gasteiger partial charge is 0.478 e. The summed E-state index contributed by atoms with van der Waals surface area (Å²) < 4.78 is 5.76. The van der Waals surface area contributed by atoms with E-state index < -0.39 is 0 Å². The van der Waals surface area contributed by atoms with Crippen molar-refractivity contribution in [2.75, 3.05) is 18.5 Å². The van der Waals surface area contributed by atoms with Gasteiger partial charge in [-0.05, 0) is 12.8 Å². The second kappa shape index (κ2) is 8.85. The van der Waals surface area contributed by atoms with Gasteiger partial charge >= 0.3 is 0 Å². The Morgan fingerprint density at radius 3 is 2.38 bits per heavy atom. The molecule has 21 heavy (non-hydrogen) atoms. The van der Waals surface area contributed by atoms with Crippen molar-refractivity contribution in [2.45, 2.75) is 72.1 Å². The summed E-state index contributed by atoms with van der Waals surface area (Å²) in [7, 11) is 0. The van der Waals surface area contributed by atoms with Crippen LogP contribution < -0.4 is 10.1 Å². The molecule has 0 amide bonds. The van der Waals surface area contributed by atoms with Gasteiger partial charge in [0.05, 0.1) is 6.61 Å². The summed E-state index contributed by atoms with van der Waals surface area (Å²) in [5, 5.41) is 3.39. The predicted molar refractivity (Wildman–Crippen MR) is 89.1 cm³/mol. The van der Waals surface area contributed by atoms with E-state index >= 15 is 0 Å². The van der Waals surface area contributed by atoms with Crippen molar-refractivity contribution in [3.05, 3.63) is 11.9 Å². The number of unbranched alkanes of at least 4 members (excludes halogenated alkanes) is 3.